The summed E-state index contributed by atoms with van der Waals surface area (Å²) in [5.41, 5.74) is 3.48. The highest BCUT2D eigenvalue weighted by Crippen LogP contribution is 2.29. The lowest BCUT2D eigenvalue weighted by Crippen LogP contribution is -2.28. The maximum absolute atomic E-state index is 10.0. The quantitative estimate of drug-likeness (QED) is 0.533. The van der Waals surface area contributed by atoms with Crippen LogP contribution in [0.2, 0.25) is 0 Å². The molecule has 116 valence electrons. The molecule has 0 saturated heterocycles. The number of phenolic OH excluding ortho intramolecular Hbond substituents is 1. The van der Waals surface area contributed by atoms with E-state index in [1.807, 2.05) is 30.3 Å². The molecule has 0 fully saturated rings. The molecular weight excluding hydrogens is 294 g/mol. The molecule has 1 N–H and O–H groups in total. The lowest BCUT2D eigenvalue weighted by Gasteiger charge is -2.05. The topological polar surface area (TPSA) is 24.1 Å². The number of phenols is 1. The van der Waals surface area contributed by atoms with E-state index in [1.165, 1.54) is 16.5 Å². The third-order valence-electron chi connectivity index (χ3n) is 4.45. The van der Waals surface area contributed by atoms with Gasteiger partial charge in [0, 0.05) is 17.5 Å². The van der Waals surface area contributed by atoms with E-state index < -0.39 is 0 Å². The predicted molar refractivity (Wildman–Crippen MR) is 99.7 cm³/mol. The second kappa shape index (κ2) is 5.82. The second-order valence-corrected chi connectivity index (χ2v) is 5.95. The summed E-state index contributed by atoms with van der Waals surface area (Å²) < 4.78 is 2.13. The number of aromatic nitrogens is 1. The average molecular weight is 312 g/mol. The van der Waals surface area contributed by atoms with Crippen LogP contribution in [0.4, 0.5) is 0 Å². The van der Waals surface area contributed by atoms with Gasteiger partial charge in [-0.1, -0.05) is 54.6 Å². The number of benzene rings is 3. The molecule has 0 aliphatic heterocycles. The third kappa shape index (κ3) is 2.42. The number of rotatable bonds is 2. The van der Waals surface area contributed by atoms with Gasteiger partial charge in [-0.05, 0) is 28.6 Å². The molecule has 0 bridgehead atoms. The lowest BCUT2D eigenvalue weighted by atomic mass is 10.0. The highest BCUT2D eigenvalue weighted by Gasteiger charge is 2.07. The first-order valence-electron chi connectivity index (χ1n) is 8.00. The second-order valence-electron chi connectivity index (χ2n) is 5.95. The normalized spacial score (nSPS) is 11.5. The minimum Gasteiger partial charge on any atom is -0.507 e. The van der Waals surface area contributed by atoms with Crippen LogP contribution in [0.5, 0.6) is 5.75 Å². The number of hydrogen-bond donors (Lipinski definition) is 1. The van der Waals surface area contributed by atoms with Crippen molar-refractivity contribution in [3.8, 4) is 5.75 Å². The van der Waals surface area contributed by atoms with E-state index in [9.17, 15) is 5.11 Å². The van der Waals surface area contributed by atoms with Gasteiger partial charge in [0.1, 0.15) is 12.8 Å². The molecule has 4 aromatic rings. The van der Waals surface area contributed by atoms with Gasteiger partial charge in [0.15, 0.2) is 6.20 Å². The third-order valence-corrected chi connectivity index (χ3v) is 4.45. The van der Waals surface area contributed by atoms with Crippen molar-refractivity contribution >= 4 is 33.8 Å². The van der Waals surface area contributed by atoms with E-state index in [0.717, 1.165) is 16.3 Å². The lowest BCUT2D eigenvalue weighted by molar-refractivity contribution is -0.644. The van der Waals surface area contributed by atoms with Crippen LogP contribution in [-0.2, 0) is 7.05 Å². The van der Waals surface area contributed by atoms with E-state index in [1.54, 1.807) is 6.07 Å². The molecule has 1 heterocycles. The Kier molecular flexibility index (Phi) is 3.51. The standard InChI is InChI=1S/C22H17NO/c1-23-15-14-17(19-7-4-5-9-21(19)23)11-10-16-12-13-22(24)20-8-3-2-6-18(16)20/h2-15H,1H3/p+1. The SMILES string of the molecule is C[n+]1ccc(/C=C/c2ccc(O)c3ccccc23)c2ccccc21. The van der Waals surface area contributed by atoms with Crippen LogP contribution < -0.4 is 4.57 Å². The monoisotopic (exact) mass is 312 g/mol. The van der Waals surface area contributed by atoms with Gasteiger partial charge in [0.2, 0.25) is 5.52 Å². The first kappa shape index (κ1) is 14.5. The molecule has 0 spiro atoms. The Morgan fingerprint density at radius 2 is 1.33 bits per heavy atom. The number of hydrogen-bond acceptors (Lipinski definition) is 1. The molecule has 24 heavy (non-hydrogen) atoms. The van der Waals surface area contributed by atoms with Crippen molar-refractivity contribution in [2.24, 2.45) is 7.05 Å². The number of pyridine rings is 1. The Bertz CT molecular complexity index is 992. The van der Waals surface area contributed by atoms with E-state index in [0.29, 0.717) is 5.75 Å². The van der Waals surface area contributed by atoms with Crippen molar-refractivity contribution in [3.63, 3.8) is 0 Å². The molecule has 2 heteroatoms. The van der Waals surface area contributed by atoms with Crippen LogP contribution in [0, 0.1) is 0 Å². The Morgan fingerprint density at radius 1 is 0.708 bits per heavy atom. The molecule has 3 aromatic carbocycles. The van der Waals surface area contributed by atoms with Crippen LogP contribution >= 0.6 is 0 Å². The summed E-state index contributed by atoms with van der Waals surface area (Å²) in [6.45, 7) is 0. The summed E-state index contributed by atoms with van der Waals surface area (Å²) in [6, 6.07) is 22.2. The number of nitrogens with zero attached hydrogens (tertiary/aromatic N) is 1. The molecule has 0 atom stereocenters. The van der Waals surface area contributed by atoms with Crippen LogP contribution in [0.3, 0.4) is 0 Å². The Labute approximate surface area is 140 Å². The van der Waals surface area contributed by atoms with Gasteiger partial charge < -0.3 is 5.11 Å². The number of para-hydroxylation sites is 1. The minimum absolute atomic E-state index is 0.319. The van der Waals surface area contributed by atoms with Gasteiger partial charge >= 0.3 is 0 Å². The Hall–Kier alpha value is -3.13. The van der Waals surface area contributed by atoms with E-state index >= 15 is 0 Å². The number of fused-ring (bicyclic) bond motifs is 2. The molecule has 0 aliphatic rings. The highest BCUT2D eigenvalue weighted by atomic mass is 16.3. The predicted octanol–water partition coefficient (Wildman–Crippen LogP) is 4.69. The zero-order chi connectivity index (χ0) is 16.5. The number of aryl methyl sites for hydroxylation is 1. The van der Waals surface area contributed by atoms with Crippen LogP contribution in [0.1, 0.15) is 11.1 Å². The first-order chi connectivity index (χ1) is 11.7. The fourth-order valence-corrected chi connectivity index (χ4v) is 3.16. The van der Waals surface area contributed by atoms with E-state index in [2.05, 4.69) is 60.3 Å². The summed E-state index contributed by atoms with van der Waals surface area (Å²) >= 11 is 0. The highest BCUT2D eigenvalue weighted by molar-refractivity contribution is 5.97. The van der Waals surface area contributed by atoms with Crippen LogP contribution in [0.15, 0.2) is 72.9 Å². The fourth-order valence-electron chi connectivity index (χ4n) is 3.16. The van der Waals surface area contributed by atoms with Gasteiger partial charge in [0.05, 0.1) is 5.39 Å². The fraction of sp³-hybridized carbons (Fsp3) is 0.0455. The van der Waals surface area contributed by atoms with Crippen molar-refractivity contribution in [2.75, 3.05) is 0 Å². The summed E-state index contributed by atoms with van der Waals surface area (Å²) in [7, 11) is 2.06. The van der Waals surface area contributed by atoms with Gasteiger partial charge in [-0.15, -0.1) is 0 Å². The molecular formula is C22H18NO+. The van der Waals surface area contributed by atoms with Crippen molar-refractivity contribution in [3.05, 3.63) is 84.1 Å². The minimum atomic E-state index is 0.319. The Balaban J connectivity index is 1.85. The summed E-state index contributed by atoms with van der Waals surface area (Å²) in [6.07, 6.45) is 6.33. The molecule has 0 unspecified atom stereocenters. The van der Waals surface area contributed by atoms with Crippen molar-refractivity contribution in [1.82, 2.24) is 0 Å². The summed E-state index contributed by atoms with van der Waals surface area (Å²) in [5, 5.41) is 13.2. The molecule has 0 saturated carbocycles. The summed E-state index contributed by atoms with van der Waals surface area (Å²) in [4.78, 5) is 0. The zero-order valence-electron chi connectivity index (χ0n) is 13.5. The van der Waals surface area contributed by atoms with Gasteiger partial charge in [-0.3, -0.25) is 0 Å². The Morgan fingerprint density at radius 3 is 2.12 bits per heavy atom. The average Bonchev–Trinajstić information content (AvgIpc) is 2.63. The molecule has 2 nitrogen and oxygen atoms in total. The molecule has 4 rings (SSSR count). The smallest absolute Gasteiger partial charge is 0.212 e. The van der Waals surface area contributed by atoms with E-state index in [4.69, 9.17) is 0 Å². The van der Waals surface area contributed by atoms with Crippen molar-refractivity contribution in [2.45, 2.75) is 0 Å². The van der Waals surface area contributed by atoms with Gasteiger partial charge in [-0.25, -0.2) is 4.57 Å². The molecule has 0 amide bonds. The van der Waals surface area contributed by atoms with Crippen molar-refractivity contribution < 1.29 is 9.67 Å². The first-order valence-corrected chi connectivity index (χ1v) is 8.00. The molecule has 1 aromatic heterocycles. The number of aromatic hydroxyl groups is 1. The largest absolute Gasteiger partial charge is 0.507 e. The maximum atomic E-state index is 10.0. The van der Waals surface area contributed by atoms with E-state index in [-0.39, 0.29) is 0 Å². The van der Waals surface area contributed by atoms with Crippen LogP contribution in [-0.4, -0.2) is 5.11 Å². The molecule has 0 aliphatic carbocycles. The zero-order valence-corrected chi connectivity index (χ0v) is 13.5. The van der Waals surface area contributed by atoms with Gasteiger partial charge in [0.25, 0.3) is 0 Å². The van der Waals surface area contributed by atoms with Crippen LogP contribution in [0.25, 0.3) is 33.8 Å². The molecule has 0 radical (unpaired) electrons. The van der Waals surface area contributed by atoms with Gasteiger partial charge in [-0.2, -0.15) is 0 Å². The van der Waals surface area contributed by atoms with Crippen molar-refractivity contribution in [1.29, 1.82) is 0 Å². The maximum Gasteiger partial charge on any atom is 0.212 e. The summed E-state index contributed by atoms with van der Waals surface area (Å²) in [5.74, 6) is 0.319.